The summed E-state index contributed by atoms with van der Waals surface area (Å²) >= 11 is 0. The second kappa shape index (κ2) is 4.00. The highest BCUT2D eigenvalue weighted by atomic mass is 19.1. The van der Waals surface area contributed by atoms with Crippen LogP contribution in [-0.4, -0.2) is 29.4 Å². The molecule has 0 saturated heterocycles. The zero-order chi connectivity index (χ0) is 12.6. The summed E-state index contributed by atoms with van der Waals surface area (Å²) in [7, 11) is 1.40. The van der Waals surface area contributed by atoms with Crippen molar-refractivity contribution in [2.45, 2.75) is 24.4 Å². The van der Waals surface area contributed by atoms with E-state index in [1.807, 2.05) is 0 Å². The van der Waals surface area contributed by atoms with E-state index in [-0.39, 0.29) is 18.4 Å². The van der Waals surface area contributed by atoms with Crippen molar-refractivity contribution in [2.24, 2.45) is 0 Å². The molecule has 1 aromatic rings. The van der Waals surface area contributed by atoms with E-state index < -0.39 is 23.3 Å². The molecule has 4 nitrogen and oxygen atoms in total. The highest BCUT2D eigenvalue weighted by Gasteiger charge is 2.52. The average Bonchev–Trinajstić information content (AvgIpc) is 2.24. The van der Waals surface area contributed by atoms with Crippen LogP contribution >= 0.6 is 0 Å². The van der Waals surface area contributed by atoms with Gasteiger partial charge in [0.15, 0.2) is 0 Å². The number of carboxylic acid groups (broad SMARTS) is 1. The third kappa shape index (κ3) is 1.76. The second-order valence-corrected chi connectivity index (χ2v) is 4.29. The van der Waals surface area contributed by atoms with Gasteiger partial charge in [-0.3, -0.25) is 4.79 Å². The van der Waals surface area contributed by atoms with Crippen molar-refractivity contribution >= 4 is 5.97 Å². The number of benzene rings is 1. The Morgan fingerprint density at radius 3 is 2.65 bits per heavy atom. The first-order chi connectivity index (χ1) is 7.99. The lowest BCUT2D eigenvalue weighted by atomic mass is 9.62. The fraction of sp³-hybridized carbons (Fsp3) is 0.417. The number of carbonyl (C=O) groups is 1. The van der Waals surface area contributed by atoms with Crippen LogP contribution in [-0.2, 0) is 10.2 Å². The van der Waals surface area contributed by atoms with Gasteiger partial charge in [0, 0.05) is 5.56 Å². The minimum atomic E-state index is -1.23. The molecule has 2 rings (SSSR count). The number of aliphatic hydroxyl groups is 1. The van der Waals surface area contributed by atoms with E-state index in [0.717, 1.165) is 0 Å². The number of methoxy groups -OCH3 is 1. The monoisotopic (exact) mass is 240 g/mol. The summed E-state index contributed by atoms with van der Waals surface area (Å²) in [6.45, 7) is 0. The van der Waals surface area contributed by atoms with Gasteiger partial charge in [-0.15, -0.1) is 0 Å². The molecule has 1 aliphatic carbocycles. The lowest BCUT2D eigenvalue weighted by molar-refractivity contribution is -0.153. The van der Waals surface area contributed by atoms with Crippen LogP contribution in [0.1, 0.15) is 18.4 Å². The number of hydrogen-bond acceptors (Lipinski definition) is 3. The molecule has 2 N–H and O–H groups in total. The van der Waals surface area contributed by atoms with Crippen molar-refractivity contribution in [3.05, 3.63) is 29.6 Å². The molecule has 0 aliphatic heterocycles. The third-order valence-corrected chi connectivity index (χ3v) is 3.25. The summed E-state index contributed by atoms with van der Waals surface area (Å²) in [4.78, 5) is 11.3. The van der Waals surface area contributed by atoms with Gasteiger partial charge >= 0.3 is 5.97 Å². The number of ether oxygens (including phenoxy) is 1. The van der Waals surface area contributed by atoms with Crippen LogP contribution in [0.25, 0.3) is 0 Å². The molecular formula is C12H13FO4. The highest BCUT2D eigenvalue weighted by molar-refractivity contribution is 5.84. The number of halogens is 1. The van der Waals surface area contributed by atoms with Crippen LogP contribution in [0.5, 0.6) is 5.75 Å². The van der Waals surface area contributed by atoms with Crippen LogP contribution < -0.4 is 4.74 Å². The fourth-order valence-electron chi connectivity index (χ4n) is 2.31. The lowest BCUT2D eigenvalue weighted by Crippen LogP contribution is -2.50. The number of aliphatic carboxylic acids is 1. The molecular weight excluding hydrogens is 227 g/mol. The molecule has 0 unspecified atom stereocenters. The van der Waals surface area contributed by atoms with Crippen molar-refractivity contribution in [1.29, 1.82) is 0 Å². The fourth-order valence-corrected chi connectivity index (χ4v) is 2.31. The van der Waals surface area contributed by atoms with Crippen molar-refractivity contribution < 1.29 is 24.1 Å². The minimum Gasteiger partial charge on any atom is -0.496 e. The van der Waals surface area contributed by atoms with Crippen molar-refractivity contribution in [2.75, 3.05) is 7.11 Å². The van der Waals surface area contributed by atoms with E-state index in [9.17, 15) is 19.4 Å². The van der Waals surface area contributed by atoms with E-state index in [2.05, 4.69) is 0 Å². The van der Waals surface area contributed by atoms with Crippen LogP contribution in [0, 0.1) is 5.82 Å². The number of carboxylic acids is 1. The van der Waals surface area contributed by atoms with Gasteiger partial charge in [-0.1, -0.05) is 0 Å². The zero-order valence-corrected chi connectivity index (χ0v) is 9.31. The molecule has 0 aromatic heterocycles. The maximum absolute atomic E-state index is 13.2. The Morgan fingerprint density at radius 2 is 2.18 bits per heavy atom. The summed E-state index contributed by atoms with van der Waals surface area (Å²) in [6, 6.07) is 3.78. The average molecular weight is 240 g/mol. The summed E-state index contributed by atoms with van der Waals surface area (Å²) < 4.78 is 18.3. The van der Waals surface area contributed by atoms with Gasteiger partial charge in [-0.2, -0.15) is 0 Å². The van der Waals surface area contributed by atoms with E-state index in [1.165, 1.54) is 25.3 Å². The first kappa shape index (κ1) is 11.9. The first-order valence-corrected chi connectivity index (χ1v) is 5.25. The SMILES string of the molecule is COc1ccc(F)cc1C1(C(=O)O)CC(O)C1. The van der Waals surface area contributed by atoms with Crippen LogP contribution in [0.4, 0.5) is 4.39 Å². The Kier molecular flexibility index (Phi) is 2.79. The maximum atomic E-state index is 13.2. The standard InChI is InChI=1S/C12H13FO4/c1-17-10-3-2-7(13)4-9(10)12(11(15)16)5-8(14)6-12/h2-4,8,14H,5-6H2,1H3,(H,15,16). The maximum Gasteiger partial charge on any atom is 0.314 e. The summed E-state index contributed by atoms with van der Waals surface area (Å²) in [5.41, 5.74) is -0.940. The summed E-state index contributed by atoms with van der Waals surface area (Å²) in [6.07, 6.45) is -0.483. The van der Waals surface area contributed by atoms with E-state index in [0.29, 0.717) is 5.75 Å². The molecule has 0 spiro atoms. The van der Waals surface area contributed by atoms with Gasteiger partial charge in [-0.25, -0.2) is 4.39 Å². The molecule has 17 heavy (non-hydrogen) atoms. The van der Waals surface area contributed by atoms with Gasteiger partial charge in [0.1, 0.15) is 17.0 Å². The van der Waals surface area contributed by atoms with Crippen molar-refractivity contribution in [3.8, 4) is 5.75 Å². The molecule has 92 valence electrons. The molecule has 0 heterocycles. The Bertz CT molecular complexity index is 452. The van der Waals surface area contributed by atoms with Crippen LogP contribution in [0.15, 0.2) is 18.2 Å². The normalized spacial score (nSPS) is 27.4. The van der Waals surface area contributed by atoms with E-state index in [1.54, 1.807) is 0 Å². The van der Waals surface area contributed by atoms with Gasteiger partial charge in [0.25, 0.3) is 0 Å². The molecule has 0 radical (unpaired) electrons. The van der Waals surface area contributed by atoms with Gasteiger partial charge in [0.05, 0.1) is 13.2 Å². The third-order valence-electron chi connectivity index (χ3n) is 3.25. The Morgan fingerprint density at radius 1 is 1.53 bits per heavy atom. The van der Waals surface area contributed by atoms with Gasteiger partial charge in [-0.05, 0) is 31.0 Å². The molecule has 1 aliphatic rings. The highest BCUT2D eigenvalue weighted by Crippen LogP contribution is 2.47. The molecule has 1 aromatic carbocycles. The number of aliphatic hydroxyl groups excluding tert-OH is 1. The zero-order valence-electron chi connectivity index (χ0n) is 9.31. The van der Waals surface area contributed by atoms with Crippen molar-refractivity contribution in [3.63, 3.8) is 0 Å². The van der Waals surface area contributed by atoms with E-state index >= 15 is 0 Å². The molecule has 0 atom stereocenters. The number of rotatable bonds is 3. The first-order valence-electron chi connectivity index (χ1n) is 5.25. The number of hydrogen-bond donors (Lipinski definition) is 2. The van der Waals surface area contributed by atoms with Crippen LogP contribution in [0.3, 0.4) is 0 Å². The lowest BCUT2D eigenvalue weighted by Gasteiger charge is -2.42. The predicted octanol–water partition coefficient (Wildman–Crippen LogP) is 1.31. The Balaban J connectivity index is 2.50. The molecule has 1 saturated carbocycles. The summed E-state index contributed by atoms with van der Waals surface area (Å²) in [5, 5.41) is 18.6. The molecule has 0 amide bonds. The van der Waals surface area contributed by atoms with Crippen LogP contribution in [0.2, 0.25) is 0 Å². The van der Waals surface area contributed by atoms with Gasteiger partial charge < -0.3 is 14.9 Å². The second-order valence-electron chi connectivity index (χ2n) is 4.29. The molecule has 5 heteroatoms. The smallest absolute Gasteiger partial charge is 0.314 e. The topological polar surface area (TPSA) is 66.8 Å². The Hall–Kier alpha value is -1.62. The minimum absolute atomic E-state index is 0.0855. The predicted molar refractivity (Wildman–Crippen MR) is 57.5 cm³/mol. The quantitative estimate of drug-likeness (QED) is 0.836. The van der Waals surface area contributed by atoms with Crippen molar-refractivity contribution in [1.82, 2.24) is 0 Å². The van der Waals surface area contributed by atoms with E-state index in [4.69, 9.17) is 4.74 Å². The molecule has 1 fully saturated rings. The molecule has 0 bridgehead atoms. The largest absolute Gasteiger partial charge is 0.496 e. The van der Waals surface area contributed by atoms with Gasteiger partial charge in [0.2, 0.25) is 0 Å². The summed E-state index contributed by atoms with van der Waals surface area (Å²) in [5.74, 6) is -1.24. The Labute approximate surface area is 97.6 Å².